The molecule has 0 atom stereocenters. The number of amides is 2. The number of primary amides is 1. The number of carbonyl (C=O) groups is 2. The zero-order valence-electron chi connectivity index (χ0n) is 15.9. The molecule has 2 aromatic heterocycles. The molecule has 4 aromatic rings. The van der Waals surface area contributed by atoms with E-state index in [9.17, 15) is 14.0 Å². The fourth-order valence-corrected chi connectivity index (χ4v) is 2.99. The highest BCUT2D eigenvalue weighted by Gasteiger charge is 2.17. The van der Waals surface area contributed by atoms with Crippen molar-refractivity contribution in [2.45, 2.75) is 6.92 Å². The molecular formula is C21H17FN6O2. The Morgan fingerprint density at radius 1 is 1.07 bits per heavy atom. The highest BCUT2D eigenvalue weighted by molar-refractivity contribution is 6.05. The van der Waals surface area contributed by atoms with Gasteiger partial charge in [-0.2, -0.15) is 10.2 Å². The minimum absolute atomic E-state index is 0.162. The Morgan fingerprint density at radius 2 is 1.80 bits per heavy atom. The number of benzene rings is 2. The van der Waals surface area contributed by atoms with E-state index in [-0.39, 0.29) is 17.3 Å². The Kier molecular flexibility index (Phi) is 4.85. The van der Waals surface area contributed by atoms with E-state index < -0.39 is 11.7 Å². The van der Waals surface area contributed by atoms with Crippen LogP contribution in [0, 0.1) is 12.7 Å². The third kappa shape index (κ3) is 3.55. The van der Waals surface area contributed by atoms with Gasteiger partial charge in [-0.05, 0) is 49.4 Å². The molecule has 0 spiro atoms. The van der Waals surface area contributed by atoms with Crippen LogP contribution in [0.3, 0.4) is 0 Å². The summed E-state index contributed by atoms with van der Waals surface area (Å²) < 4.78 is 16.9. The Bertz CT molecular complexity index is 1240. The predicted octanol–water partition coefficient (Wildman–Crippen LogP) is 2.86. The van der Waals surface area contributed by atoms with Gasteiger partial charge >= 0.3 is 0 Å². The average Bonchev–Trinajstić information content (AvgIpc) is 3.36. The second-order valence-corrected chi connectivity index (χ2v) is 6.52. The molecule has 2 amide bonds. The second-order valence-electron chi connectivity index (χ2n) is 6.52. The molecule has 30 heavy (non-hydrogen) atoms. The standard InChI is InChI=1S/C21H17FN6O2/c1-13-16(12-24-28(13)19-5-3-2-4-17(19)22)21(30)25-14-6-8-15(9-7-14)27-11-10-18(26-27)20(23)29/h2-12H,1H3,(H2,23,29)(H,25,30). The first kappa shape index (κ1) is 19.1. The third-order valence-electron chi connectivity index (χ3n) is 4.57. The number of hydrogen-bond donors (Lipinski definition) is 2. The highest BCUT2D eigenvalue weighted by atomic mass is 19.1. The summed E-state index contributed by atoms with van der Waals surface area (Å²) in [6, 6.07) is 14.6. The van der Waals surface area contributed by atoms with E-state index in [0.29, 0.717) is 22.6 Å². The number of nitrogens with zero attached hydrogens (tertiary/aromatic N) is 4. The number of halogens is 1. The minimum Gasteiger partial charge on any atom is -0.364 e. The Hall–Kier alpha value is -4.27. The molecule has 0 saturated carbocycles. The van der Waals surface area contributed by atoms with Gasteiger partial charge in [-0.25, -0.2) is 13.8 Å². The molecule has 3 N–H and O–H groups in total. The zero-order chi connectivity index (χ0) is 21.3. The molecule has 4 rings (SSSR count). The fourth-order valence-electron chi connectivity index (χ4n) is 2.99. The van der Waals surface area contributed by atoms with Crippen molar-refractivity contribution in [2.75, 3.05) is 5.32 Å². The van der Waals surface area contributed by atoms with Crippen LogP contribution in [-0.2, 0) is 0 Å². The summed E-state index contributed by atoms with van der Waals surface area (Å²) in [6.45, 7) is 1.70. The molecule has 0 bridgehead atoms. The molecule has 0 aliphatic carbocycles. The van der Waals surface area contributed by atoms with Crippen LogP contribution in [0.25, 0.3) is 11.4 Å². The number of rotatable bonds is 5. The summed E-state index contributed by atoms with van der Waals surface area (Å²) in [5, 5.41) is 11.0. The van der Waals surface area contributed by atoms with E-state index in [2.05, 4.69) is 15.5 Å². The van der Waals surface area contributed by atoms with Crippen LogP contribution in [0.4, 0.5) is 10.1 Å². The summed E-state index contributed by atoms with van der Waals surface area (Å²) in [5.74, 6) is -1.40. The van der Waals surface area contributed by atoms with Gasteiger partial charge in [0.05, 0.1) is 23.1 Å². The van der Waals surface area contributed by atoms with Crippen molar-refractivity contribution in [2.24, 2.45) is 5.73 Å². The molecule has 0 aliphatic heterocycles. The number of nitrogens with two attached hydrogens (primary N) is 1. The largest absolute Gasteiger partial charge is 0.364 e. The van der Waals surface area contributed by atoms with Gasteiger partial charge in [-0.3, -0.25) is 9.59 Å². The number of carbonyl (C=O) groups excluding carboxylic acids is 2. The van der Waals surface area contributed by atoms with E-state index in [1.165, 1.54) is 27.7 Å². The first-order valence-corrected chi connectivity index (χ1v) is 9.01. The Balaban J connectivity index is 1.52. The van der Waals surface area contributed by atoms with E-state index in [4.69, 9.17) is 5.73 Å². The van der Waals surface area contributed by atoms with Crippen LogP contribution in [0.5, 0.6) is 0 Å². The molecule has 9 heteroatoms. The Morgan fingerprint density at radius 3 is 2.47 bits per heavy atom. The number of hydrogen-bond acceptors (Lipinski definition) is 4. The molecule has 2 aromatic carbocycles. The molecule has 150 valence electrons. The van der Waals surface area contributed by atoms with Gasteiger partial charge in [0, 0.05) is 11.9 Å². The van der Waals surface area contributed by atoms with Crippen LogP contribution in [0.2, 0.25) is 0 Å². The molecule has 0 fully saturated rings. The van der Waals surface area contributed by atoms with Crippen molar-refractivity contribution in [3.63, 3.8) is 0 Å². The summed E-state index contributed by atoms with van der Waals surface area (Å²) in [6.07, 6.45) is 3.02. The lowest BCUT2D eigenvalue weighted by atomic mass is 10.2. The average molecular weight is 404 g/mol. The number of anilines is 1. The van der Waals surface area contributed by atoms with Crippen molar-refractivity contribution in [3.05, 3.63) is 89.8 Å². The van der Waals surface area contributed by atoms with Crippen molar-refractivity contribution in [1.29, 1.82) is 0 Å². The summed E-state index contributed by atoms with van der Waals surface area (Å²) in [4.78, 5) is 23.8. The smallest absolute Gasteiger partial charge is 0.269 e. The topological polar surface area (TPSA) is 108 Å². The quantitative estimate of drug-likeness (QED) is 0.533. The summed E-state index contributed by atoms with van der Waals surface area (Å²) in [5.41, 5.74) is 7.75. The van der Waals surface area contributed by atoms with Gasteiger partial charge in [0.15, 0.2) is 0 Å². The van der Waals surface area contributed by atoms with Gasteiger partial charge in [0.1, 0.15) is 17.2 Å². The molecule has 0 radical (unpaired) electrons. The number of para-hydroxylation sites is 1. The van der Waals surface area contributed by atoms with Gasteiger partial charge in [-0.15, -0.1) is 0 Å². The maximum absolute atomic E-state index is 14.0. The molecule has 2 heterocycles. The summed E-state index contributed by atoms with van der Waals surface area (Å²) >= 11 is 0. The lowest BCUT2D eigenvalue weighted by molar-refractivity contribution is 0.0993. The van der Waals surface area contributed by atoms with Gasteiger partial charge < -0.3 is 11.1 Å². The summed E-state index contributed by atoms with van der Waals surface area (Å²) in [7, 11) is 0. The van der Waals surface area contributed by atoms with Gasteiger partial charge in [0.25, 0.3) is 11.8 Å². The SMILES string of the molecule is Cc1c(C(=O)Nc2ccc(-n3ccc(C(N)=O)n3)cc2)cnn1-c1ccccc1F. The first-order chi connectivity index (χ1) is 14.4. The van der Waals surface area contributed by atoms with Crippen LogP contribution >= 0.6 is 0 Å². The van der Waals surface area contributed by atoms with E-state index in [0.717, 1.165) is 0 Å². The third-order valence-corrected chi connectivity index (χ3v) is 4.57. The minimum atomic E-state index is -0.607. The molecule has 0 saturated heterocycles. The maximum Gasteiger partial charge on any atom is 0.269 e. The molecule has 8 nitrogen and oxygen atoms in total. The van der Waals surface area contributed by atoms with Crippen molar-refractivity contribution < 1.29 is 14.0 Å². The molecule has 0 aliphatic rings. The predicted molar refractivity (Wildman–Crippen MR) is 108 cm³/mol. The Labute approximate surface area is 170 Å². The lowest BCUT2D eigenvalue weighted by Gasteiger charge is -2.08. The first-order valence-electron chi connectivity index (χ1n) is 9.01. The number of nitrogens with one attached hydrogen (secondary N) is 1. The molecule has 0 unspecified atom stereocenters. The zero-order valence-corrected chi connectivity index (χ0v) is 15.9. The van der Waals surface area contributed by atoms with Crippen LogP contribution in [0.1, 0.15) is 26.5 Å². The van der Waals surface area contributed by atoms with Crippen LogP contribution in [-0.4, -0.2) is 31.4 Å². The maximum atomic E-state index is 14.0. The van der Waals surface area contributed by atoms with Crippen molar-refractivity contribution in [3.8, 4) is 11.4 Å². The van der Waals surface area contributed by atoms with E-state index in [1.54, 1.807) is 55.6 Å². The highest BCUT2D eigenvalue weighted by Crippen LogP contribution is 2.19. The van der Waals surface area contributed by atoms with Crippen molar-refractivity contribution >= 4 is 17.5 Å². The van der Waals surface area contributed by atoms with Gasteiger partial charge in [0.2, 0.25) is 0 Å². The number of aromatic nitrogens is 4. The second kappa shape index (κ2) is 7.63. The lowest BCUT2D eigenvalue weighted by Crippen LogP contribution is -2.13. The van der Waals surface area contributed by atoms with Crippen LogP contribution in [0.15, 0.2) is 67.0 Å². The molecular weight excluding hydrogens is 387 g/mol. The van der Waals surface area contributed by atoms with E-state index in [1.807, 2.05) is 0 Å². The van der Waals surface area contributed by atoms with Gasteiger partial charge in [-0.1, -0.05) is 12.1 Å². The fraction of sp³-hybridized carbons (Fsp3) is 0.0476. The monoisotopic (exact) mass is 404 g/mol. The van der Waals surface area contributed by atoms with Crippen molar-refractivity contribution in [1.82, 2.24) is 19.6 Å². The normalized spacial score (nSPS) is 10.7. The van der Waals surface area contributed by atoms with Crippen LogP contribution < -0.4 is 11.1 Å². The van der Waals surface area contributed by atoms with E-state index >= 15 is 0 Å².